The fourth-order valence-corrected chi connectivity index (χ4v) is 3.48. The van der Waals surface area contributed by atoms with Crippen LogP contribution in [0.5, 0.6) is 11.5 Å². The Morgan fingerprint density at radius 1 is 1.32 bits per heavy atom. The first-order chi connectivity index (χ1) is 12.2. The molecule has 1 amide bonds. The van der Waals surface area contributed by atoms with Gasteiger partial charge in [0.05, 0.1) is 11.3 Å². The molecular weight excluding hydrogens is 342 g/mol. The number of aromatic nitrogens is 2. The van der Waals surface area contributed by atoms with Crippen molar-refractivity contribution in [1.29, 1.82) is 0 Å². The third-order valence-electron chi connectivity index (χ3n) is 4.02. The Morgan fingerprint density at radius 3 is 3.00 bits per heavy atom. The highest BCUT2D eigenvalue weighted by atomic mass is 32.2. The average Bonchev–Trinajstić information content (AvgIpc) is 3.06. The van der Waals surface area contributed by atoms with Crippen molar-refractivity contribution >= 4 is 23.5 Å². The molecule has 0 radical (unpaired) electrons. The number of nitrogens with one attached hydrogen (secondary N) is 2. The van der Waals surface area contributed by atoms with Crippen molar-refractivity contribution in [2.75, 3.05) is 17.9 Å². The van der Waals surface area contributed by atoms with Crippen LogP contribution in [0.4, 0.5) is 5.82 Å². The molecule has 0 fully saturated rings. The van der Waals surface area contributed by atoms with Gasteiger partial charge in [0, 0.05) is 12.3 Å². The van der Waals surface area contributed by atoms with E-state index in [-0.39, 0.29) is 30.5 Å². The molecule has 8 heteroatoms. The molecule has 1 aromatic carbocycles. The molecule has 2 aliphatic rings. The molecule has 1 aromatic heterocycles. The molecule has 4 rings (SSSR count). The summed E-state index contributed by atoms with van der Waals surface area (Å²) in [4.78, 5) is 31.8. The van der Waals surface area contributed by atoms with Crippen molar-refractivity contribution in [3.8, 4) is 23.8 Å². The van der Waals surface area contributed by atoms with Crippen molar-refractivity contribution in [2.24, 2.45) is 0 Å². The summed E-state index contributed by atoms with van der Waals surface area (Å²) >= 11 is 1.23. The number of H-pyrrole nitrogens is 1. The zero-order valence-electron chi connectivity index (χ0n) is 13.0. The number of thioether (sulfide) groups is 1. The number of anilines is 1. The molecule has 3 heterocycles. The van der Waals surface area contributed by atoms with E-state index in [9.17, 15) is 9.59 Å². The molecule has 25 heavy (non-hydrogen) atoms. The second kappa shape index (κ2) is 6.18. The standard InChI is InChI=1S/C17H13N3O4S/c1-2-5-25-17-19-15-14(16(22)20-17)10(7-13(21)18-15)9-3-4-11-12(6-9)24-8-23-11/h1,3-4,6,10H,5,7-8H2,(H2,18,19,20,21,22)/t10-/m1/s1. The number of ether oxygens (including phenoxy) is 2. The van der Waals surface area contributed by atoms with Gasteiger partial charge < -0.3 is 19.8 Å². The first-order valence-electron chi connectivity index (χ1n) is 7.55. The molecular formula is C17H13N3O4S. The van der Waals surface area contributed by atoms with E-state index in [1.54, 1.807) is 12.1 Å². The minimum Gasteiger partial charge on any atom is -0.454 e. The van der Waals surface area contributed by atoms with E-state index in [2.05, 4.69) is 21.2 Å². The number of carbonyl (C=O) groups excluding carboxylic acids is 1. The summed E-state index contributed by atoms with van der Waals surface area (Å²) in [6.07, 6.45) is 5.40. The highest BCUT2D eigenvalue weighted by molar-refractivity contribution is 7.99. The number of amides is 1. The lowest BCUT2D eigenvalue weighted by atomic mass is 9.86. The van der Waals surface area contributed by atoms with E-state index in [4.69, 9.17) is 15.9 Å². The van der Waals surface area contributed by atoms with Gasteiger partial charge in [-0.05, 0) is 17.7 Å². The Labute approximate surface area is 147 Å². The number of hydrogen-bond acceptors (Lipinski definition) is 6. The van der Waals surface area contributed by atoms with Gasteiger partial charge in [-0.25, -0.2) is 4.98 Å². The molecule has 2 aliphatic heterocycles. The van der Waals surface area contributed by atoms with Gasteiger partial charge in [0.1, 0.15) is 5.82 Å². The van der Waals surface area contributed by atoms with Crippen LogP contribution in [0.2, 0.25) is 0 Å². The van der Waals surface area contributed by atoms with Gasteiger partial charge in [-0.1, -0.05) is 23.7 Å². The fraction of sp³-hybridized carbons (Fsp3) is 0.235. The average molecular weight is 355 g/mol. The van der Waals surface area contributed by atoms with Crippen LogP contribution in [-0.4, -0.2) is 28.4 Å². The zero-order chi connectivity index (χ0) is 17.4. The minimum absolute atomic E-state index is 0.161. The lowest BCUT2D eigenvalue weighted by Gasteiger charge is -2.24. The number of hydrogen-bond donors (Lipinski definition) is 2. The van der Waals surface area contributed by atoms with Crippen LogP contribution < -0.4 is 20.3 Å². The molecule has 126 valence electrons. The van der Waals surface area contributed by atoms with Gasteiger partial charge in [-0.2, -0.15) is 0 Å². The maximum Gasteiger partial charge on any atom is 0.257 e. The number of fused-ring (bicyclic) bond motifs is 2. The molecule has 0 spiro atoms. The minimum atomic E-state index is -0.402. The van der Waals surface area contributed by atoms with Crippen molar-refractivity contribution in [1.82, 2.24) is 9.97 Å². The Balaban J connectivity index is 1.78. The van der Waals surface area contributed by atoms with Crippen LogP contribution in [0.3, 0.4) is 0 Å². The predicted octanol–water partition coefficient (Wildman–Crippen LogP) is 1.70. The van der Waals surface area contributed by atoms with Crippen LogP contribution >= 0.6 is 11.8 Å². The quantitative estimate of drug-likeness (QED) is 0.494. The summed E-state index contributed by atoms with van der Waals surface area (Å²) in [7, 11) is 0. The third kappa shape index (κ3) is 2.83. The van der Waals surface area contributed by atoms with Crippen molar-refractivity contribution in [3.63, 3.8) is 0 Å². The summed E-state index contributed by atoms with van der Waals surface area (Å²) in [5, 5.41) is 3.06. The van der Waals surface area contributed by atoms with Crippen molar-refractivity contribution in [3.05, 3.63) is 39.7 Å². The maximum atomic E-state index is 12.6. The summed E-state index contributed by atoms with van der Waals surface area (Å²) < 4.78 is 10.7. The summed E-state index contributed by atoms with van der Waals surface area (Å²) in [5.41, 5.74) is 0.951. The van der Waals surface area contributed by atoms with Crippen LogP contribution in [0, 0.1) is 12.3 Å². The van der Waals surface area contributed by atoms with Crippen LogP contribution in [0.25, 0.3) is 0 Å². The molecule has 1 atom stereocenters. The lowest BCUT2D eigenvalue weighted by molar-refractivity contribution is -0.116. The van der Waals surface area contributed by atoms with Gasteiger partial charge in [-0.3, -0.25) is 9.59 Å². The first-order valence-corrected chi connectivity index (χ1v) is 8.54. The number of terminal acetylenes is 1. The second-order valence-corrected chi connectivity index (χ2v) is 6.51. The Hall–Kier alpha value is -2.92. The van der Waals surface area contributed by atoms with E-state index >= 15 is 0 Å². The molecule has 0 bridgehead atoms. The first kappa shape index (κ1) is 15.6. The highest BCUT2D eigenvalue weighted by Crippen LogP contribution is 2.39. The van der Waals surface area contributed by atoms with Crippen molar-refractivity contribution in [2.45, 2.75) is 17.5 Å². The van der Waals surface area contributed by atoms with Crippen LogP contribution in [0.1, 0.15) is 23.5 Å². The molecule has 0 saturated heterocycles. The molecule has 7 nitrogen and oxygen atoms in total. The van der Waals surface area contributed by atoms with E-state index in [0.717, 1.165) is 5.56 Å². The molecule has 2 aromatic rings. The van der Waals surface area contributed by atoms with Crippen LogP contribution in [-0.2, 0) is 4.79 Å². The fourth-order valence-electron chi connectivity index (χ4n) is 2.94. The molecule has 0 saturated carbocycles. The SMILES string of the molecule is C#CCSc1nc2c(c(=O)[nH]1)[C@@H](c1ccc3c(c1)OCO3)CC(=O)N2. The largest absolute Gasteiger partial charge is 0.454 e. The van der Waals surface area contributed by atoms with Gasteiger partial charge in [0.15, 0.2) is 16.7 Å². The van der Waals surface area contributed by atoms with Crippen molar-refractivity contribution < 1.29 is 14.3 Å². The van der Waals surface area contributed by atoms with E-state index in [1.807, 2.05) is 6.07 Å². The lowest BCUT2D eigenvalue weighted by Crippen LogP contribution is -2.31. The third-order valence-corrected chi connectivity index (χ3v) is 4.80. The van der Waals surface area contributed by atoms with E-state index in [0.29, 0.717) is 28.0 Å². The number of nitrogens with zero attached hydrogens (tertiary/aromatic N) is 1. The van der Waals surface area contributed by atoms with Gasteiger partial charge in [0.25, 0.3) is 5.56 Å². The molecule has 0 aliphatic carbocycles. The highest BCUT2D eigenvalue weighted by Gasteiger charge is 2.32. The summed E-state index contributed by atoms with van der Waals surface area (Å²) in [5.74, 6) is 3.79. The summed E-state index contributed by atoms with van der Waals surface area (Å²) in [6.45, 7) is 0.165. The Kier molecular flexibility index (Phi) is 3.86. The molecule has 2 N–H and O–H groups in total. The monoisotopic (exact) mass is 355 g/mol. The number of rotatable bonds is 3. The number of aromatic amines is 1. The number of carbonyl (C=O) groups is 1. The topological polar surface area (TPSA) is 93.3 Å². The van der Waals surface area contributed by atoms with E-state index < -0.39 is 5.92 Å². The Bertz CT molecular complexity index is 963. The van der Waals surface area contributed by atoms with E-state index in [1.165, 1.54) is 11.8 Å². The second-order valence-electron chi connectivity index (χ2n) is 5.54. The Morgan fingerprint density at radius 2 is 2.16 bits per heavy atom. The normalized spacial score (nSPS) is 17.6. The smallest absolute Gasteiger partial charge is 0.257 e. The summed E-state index contributed by atoms with van der Waals surface area (Å²) in [6, 6.07) is 5.42. The predicted molar refractivity (Wildman–Crippen MR) is 92.1 cm³/mol. The maximum absolute atomic E-state index is 12.6. The van der Waals surface area contributed by atoms with Gasteiger partial charge in [-0.15, -0.1) is 6.42 Å². The molecule has 0 unspecified atom stereocenters. The zero-order valence-corrected chi connectivity index (χ0v) is 13.8. The van der Waals surface area contributed by atoms with Gasteiger partial charge >= 0.3 is 0 Å². The van der Waals surface area contributed by atoms with Gasteiger partial charge in [0.2, 0.25) is 12.7 Å². The van der Waals surface area contributed by atoms with Crippen LogP contribution in [0.15, 0.2) is 28.2 Å². The number of benzene rings is 1.